The summed E-state index contributed by atoms with van der Waals surface area (Å²) in [6.45, 7) is 10.2. The molecule has 1 aromatic heterocycles. The van der Waals surface area contributed by atoms with E-state index in [1.807, 2.05) is 45.0 Å². The zero-order valence-electron chi connectivity index (χ0n) is 16.0. The Balaban J connectivity index is 2.20. The first-order chi connectivity index (χ1) is 12.3. The largest absolute Gasteiger partial charge is 0.325 e. The molecule has 26 heavy (non-hydrogen) atoms. The summed E-state index contributed by atoms with van der Waals surface area (Å²) < 4.78 is 0. The van der Waals surface area contributed by atoms with Gasteiger partial charge in [0.2, 0.25) is 5.91 Å². The molecule has 0 fully saturated rings. The SMILES string of the molecule is CCC(Sc1nc(C(C)C)ccc1C#N)C(=O)Nc1ccc(C)c(C)c1. The van der Waals surface area contributed by atoms with E-state index in [4.69, 9.17) is 0 Å². The minimum absolute atomic E-state index is 0.0682. The van der Waals surface area contributed by atoms with E-state index in [0.29, 0.717) is 17.0 Å². The highest BCUT2D eigenvalue weighted by Crippen LogP contribution is 2.29. The summed E-state index contributed by atoms with van der Waals surface area (Å²) in [5.74, 6) is 0.202. The van der Waals surface area contributed by atoms with E-state index in [1.54, 1.807) is 6.07 Å². The summed E-state index contributed by atoms with van der Waals surface area (Å²) in [7, 11) is 0. The van der Waals surface area contributed by atoms with Gasteiger partial charge in [0.25, 0.3) is 0 Å². The van der Waals surface area contributed by atoms with Gasteiger partial charge in [-0.05, 0) is 61.6 Å². The van der Waals surface area contributed by atoms with Crippen LogP contribution in [-0.4, -0.2) is 16.1 Å². The van der Waals surface area contributed by atoms with Crippen molar-refractivity contribution in [3.05, 3.63) is 52.7 Å². The summed E-state index contributed by atoms with van der Waals surface area (Å²) in [4.78, 5) is 17.3. The van der Waals surface area contributed by atoms with Crippen LogP contribution in [0.15, 0.2) is 35.4 Å². The van der Waals surface area contributed by atoms with Gasteiger partial charge < -0.3 is 5.32 Å². The van der Waals surface area contributed by atoms with Gasteiger partial charge in [-0.2, -0.15) is 5.26 Å². The van der Waals surface area contributed by atoms with E-state index in [9.17, 15) is 10.1 Å². The summed E-state index contributed by atoms with van der Waals surface area (Å²) >= 11 is 1.36. The number of pyridine rings is 1. The van der Waals surface area contributed by atoms with Crippen molar-refractivity contribution in [2.24, 2.45) is 0 Å². The maximum Gasteiger partial charge on any atom is 0.237 e. The normalized spacial score (nSPS) is 11.9. The third-order valence-corrected chi connectivity index (χ3v) is 5.65. The number of nitrogens with one attached hydrogen (secondary N) is 1. The Labute approximate surface area is 160 Å². The number of thioether (sulfide) groups is 1. The van der Waals surface area contributed by atoms with Gasteiger partial charge >= 0.3 is 0 Å². The second-order valence-corrected chi connectivity index (χ2v) is 7.85. The highest BCUT2D eigenvalue weighted by molar-refractivity contribution is 8.00. The molecule has 0 bridgehead atoms. The van der Waals surface area contributed by atoms with Gasteiger partial charge in [0.05, 0.1) is 10.8 Å². The van der Waals surface area contributed by atoms with E-state index in [0.717, 1.165) is 16.9 Å². The van der Waals surface area contributed by atoms with Gasteiger partial charge in [-0.3, -0.25) is 4.79 Å². The van der Waals surface area contributed by atoms with Gasteiger partial charge in [0.1, 0.15) is 11.1 Å². The van der Waals surface area contributed by atoms with Crippen LogP contribution in [0.25, 0.3) is 0 Å². The Kier molecular flexibility index (Phi) is 6.82. The molecule has 2 aromatic rings. The predicted molar refractivity (Wildman–Crippen MR) is 108 cm³/mol. The van der Waals surface area contributed by atoms with Crippen molar-refractivity contribution in [2.75, 3.05) is 5.32 Å². The number of carbonyl (C=O) groups is 1. The number of aromatic nitrogens is 1. The molecular formula is C21H25N3OS. The number of benzene rings is 1. The number of nitrogens with zero attached hydrogens (tertiary/aromatic N) is 2. The Morgan fingerprint density at radius 2 is 1.96 bits per heavy atom. The van der Waals surface area contributed by atoms with Crippen LogP contribution in [-0.2, 0) is 4.79 Å². The topological polar surface area (TPSA) is 65.8 Å². The molecule has 0 saturated carbocycles. The van der Waals surface area contributed by atoms with E-state index in [2.05, 4.69) is 30.2 Å². The van der Waals surface area contributed by atoms with Crippen LogP contribution in [0.3, 0.4) is 0 Å². The molecule has 1 amide bonds. The summed E-state index contributed by atoms with van der Waals surface area (Å²) in [5, 5.41) is 12.7. The van der Waals surface area contributed by atoms with Crippen molar-refractivity contribution in [3.8, 4) is 6.07 Å². The Bertz CT molecular complexity index is 840. The number of amides is 1. The number of rotatable bonds is 6. The minimum Gasteiger partial charge on any atom is -0.325 e. The van der Waals surface area contributed by atoms with Gasteiger partial charge in [-0.1, -0.05) is 38.6 Å². The molecule has 0 saturated heterocycles. The lowest BCUT2D eigenvalue weighted by atomic mass is 10.1. The minimum atomic E-state index is -0.307. The fourth-order valence-electron chi connectivity index (χ4n) is 2.45. The lowest BCUT2D eigenvalue weighted by Crippen LogP contribution is -2.25. The number of aryl methyl sites for hydroxylation is 2. The second kappa shape index (κ2) is 8.86. The zero-order valence-corrected chi connectivity index (χ0v) is 16.8. The molecule has 0 aliphatic carbocycles. The van der Waals surface area contributed by atoms with Crippen molar-refractivity contribution in [1.29, 1.82) is 5.26 Å². The summed E-state index contributed by atoms with van der Waals surface area (Å²) in [6, 6.07) is 11.7. The molecule has 1 N–H and O–H groups in total. The van der Waals surface area contributed by atoms with Crippen LogP contribution in [0.2, 0.25) is 0 Å². The molecule has 1 unspecified atom stereocenters. The molecule has 1 atom stereocenters. The van der Waals surface area contributed by atoms with Crippen molar-refractivity contribution in [3.63, 3.8) is 0 Å². The van der Waals surface area contributed by atoms with Crippen molar-refractivity contribution in [1.82, 2.24) is 4.98 Å². The van der Waals surface area contributed by atoms with E-state index in [-0.39, 0.29) is 17.1 Å². The maximum atomic E-state index is 12.7. The molecule has 2 rings (SSSR count). The molecule has 136 valence electrons. The number of carbonyl (C=O) groups excluding carboxylic acids is 1. The first-order valence-electron chi connectivity index (χ1n) is 8.81. The highest BCUT2D eigenvalue weighted by Gasteiger charge is 2.21. The molecule has 4 nitrogen and oxygen atoms in total. The van der Waals surface area contributed by atoms with E-state index in [1.165, 1.54) is 17.3 Å². The average molecular weight is 368 g/mol. The number of nitriles is 1. The van der Waals surface area contributed by atoms with Crippen LogP contribution in [0.4, 0.5) is 5.69 Å². The highest BCUT2D eigenvalue weighted by atomic mass is 32.2. The molecule has 0 spiro atoms. The van der Waals surface area contributed by atoms with Crippen LogP contribution in [0.1, 0.15) is 55.5 Å². The fourth-order valence-corrected chi connectivity index (χ4v) is 3.45. The van der Waals surface area contributed by atoms with Crippen molar-refractivity contribution < 1.29 is 4.79 Å². The van der Waals surface area contributed by atoms with Gasteiger partial charge in [-0.25, -0.2) is 4.98 Å². The lowest BCUT2D eigenvalue weighted by Gasteiger charge is -2.16. The average Bonchev–Trinajstić information content (AvgIpc) is 2.62. The van der Waals surface area contributed by atoms with Crippen LogP contribution >= 0.6 is 11.8 Å². The van der Waals surface area contributed by atoms with E-state index < -0.39 is 0 Å². The molecular weight excluding hydrogens is 342 g/mol. The number of hydrogen-bond donors (Lipinski definition) is 1. The van der Waals surface area contributed by atoms with Gasteiger partial charge in [-0.15, -0.1) is 0 Å². The second-order valence-electron chi connectivity index (χ2n) is 6.66. The van der Waals surface area contributed by atoms with Crippen LogP contribution in [0, 0.1) is 25.2 Å². The van der Waals surface area contributed by atoms with Crippen molar-refractivity contribution >= 4 is 23.4 Å². The summed E-state index contributed by atoms with van der Waals surface area (Å²) in [6.07, 6.45) is 0.653. The Hall–Kier alpha value is -2.32. The smallest absolute Gasteiger partial charge is 0.237 e. The number of anilines is 1. The van der Waals surface area contributed by atoms with Gasteiger partial charge in [0, 0.05) is 11.4 Å². The van der Waals surface area contributed by atoms with Gasteiger partial charge in [0.15, 0.2) is 0 Å². The van der Waals surface area contributed by atoms with Crippen molar-refractivity contribution in [2.45, 2.75) is 57.2 Å². The molecule has 5 heteroatoms. The molecule has 1 aromatic carbocycles. The zero-order chi connectivity index (χ0) is 19.3. The molecule has 0 radical (unpaired) electrons. The summed E-state index contributed by atoms with van der Waals surface area (Å²) in [5.41, 5.74) is 4.56. The molecule has 1 heterocycles. The lowest BCUT2D eigenvalue weighted by molar-refractivity contribution is -0.115. The number of hydrogen-bond acceptors (Lipinski definition) is 4. The predicted octanol–water partition coefficient (Wildman–Crippen LogP) is 5.20. The quantitative estimate of drug-likeness (QED) is 0.712. The Morgan fingerprint density at radius 1 is 1.23 bits per heavy atom. The maximum absolute atomic E-state index is 12.7. The first kappa shape index (κ1) is 20.0. The first-order valence-corrected chi connectivity index (χ1v) is 9.69. The third kappa shape index (κ3) is 4.86. The monoisotopic (exact) mass is 367 g/mol. The molecule has 0 aliphatic rings. The molecule has 0 aliphatic heterocycles. The van der Waals surface area contributed by atoms with E-state index >= 15 is 0 Å². The third-order valence-electron chi connectivity index (χ3n) is 4.29. The van der Waals surface area contributed by atoms with Crippen LogP contribution in [0.5, 0.6) is 0 Å². The fraction of sp³-hybridized carbons (Fsp3) is 0.381. The van der Waals surface area contributed by atoms with Crippen LogP contribution < -0.4 is 5.32 Å². The Morgan fingerprint density at radius 3 is 2.54 bits per heavy atom. The standard InChI is InChI=1S/C21H25N3OS/c1-6-19(20(25)23-17-9-7-14(4)15(5)11-17)26-21-16(12-22)8-10-18(24-21)13(2)3/h7-11,13,19H,6H2,1-5H3,(H,23,25).